The quantitative estimate of drug-likeness (QED) is 0.769. The summed E-state index contributed by atoms with van der Waals surface area (Å²) in [6.45, 7) is 2.18. The molecule has 0 atom stereocenters. The lowest BCUT2D eigenvalue weighted by atomic mass is 9.83. The summed E-state index contributed by atoms with van der Waals surface area (Å²) in [4.78, 5) is 24.4. The summed E-state index contributed by atoms with van der Waals surface area (Å²) in [6.07, 6.45) is 7.39. The van der Waals surface area contributed by atoms with Crippen molar-refractivity contribution in [2.45, 2.75) is 64.2 Å². The molecule has 0 heterocycles. The molecule has 0 spiro atoms. The van der Waals surface area contributed by atoms with E-state index in [1.807, 2.05) is 12.1 Å². The van der Waals surface area contributed by atoms with E-state index in [0.717, 1.165) is 31.2 Å². The maximum Gasteiger partial charge on any atom is 0.147 e. The molecule has 0 N–H and O–H groups in total. The van der Waals surface area contributed by atoms with Crippen LogP contribution in [0.5, 0.6) is 0 Å². The Morgan fingerprint density at radius 2 is 1.55 bits per heavy atom. The average molecular weight is 272 g/mol. The number of carbonyl (C=O) groups excluding carboxylic acids is 2. The van der Waals surface area contributed by atoms with Crippen LogP contribution in [-0.4, -0.2) is 11.6 Å². The molecule has 0 aliphatic heterocycles. The molecular formula is C18H24O2. The molecule has 2 nitrogen and oxygen atoms in total. The molecule has 1 aliphatic carbocycles. The highest BCUT2D eigenvalue weighted by atomic mass is 16.1. The van der Waals surface area contributed by atoms with Crippen LogP contribution in [0.4, 0.5) is 0 Å². The molecule has 0 radical (unpaired) electrons. The van der Waals surface area contributed by atoms with Crippen LogP contribution in [-0.2, 0) is 16.0 Å². The Balaban J connectivity index is 2.14. The van der Waals surface area contributed by atoms with Gasteiger partial charge in [-0.05, 0) is 36.8 Å². The van der Waals surface area contributed by atoms with Crippen molar-refractivity contribution in [1.29, 1.82) is 0 Å². The van der Waals surface area contributed by atoms with Gasteiger partial charge in [0.2, 0.25) is 0 Å². The first kappa shape index (κ1) is 15.0. The van der Waals surface area contributed by atoms with Gasteiger partial charge in [0.15, 0.2) is 0 Å². The average Bonchev–Trinajstić information content (AvgIpc) is 2.44. The third-order valence-electron chi connectivity index (χ3n) is 4.12. The molecule has 2 rings (SSSR count). The van der Waals surface area contributed by atoms with Crippen molar-refractivity contribution in [3.8, 4) is 0 Å². The first-order chi connectivity index (χ1) is 9.72. The molecular weight excluding hydrogens is 248 g/mol. The lowest BCUT2D eigenvalue weighted by Crippen LogP contribution is -2.23. The van der Waals surface area contributed by atoms with Crippen LogP contribution in [0.2, 0.25) is 0 Å². The fourth-order valence-electron chi connectivity index (χ4n) is 2.87. The SMILES string of the molecule is CCCCc1ccc(C2C(=O)CCCCCC2=O)cc1. The van der Waals surface area contributed by atoms with Gasteiger partial charge in [-0.3, -0.25) is 9.59 Å². The standard InChI is InChI=1S/C18H24O2/c1-2-3-7-14-10-12-15(13-11-14)18-16(19)8-5-4-6-9-17(18)20/h10-13,18H,2-9H2,1H3. The third-order valence-corrected chi connectivity index (χ3v) is 4.12. The first-order valence-electron chi connectivity index (χ1n) is 7.86. The third kappa shape index (κ3) is 3.78. The fourth-order valence-corrected chi connectivity index (χ4v) is 2.87. The maximum absolute atomic E-state index is 12.2. The van der Waals surface area contributed by atoms with E-state index in [1.54, 1.807) is 0 Å². The second-order valence-electron chi connectivity index (χ2n) is 5.77. The molecule has 1 aromatic rings. The van der Waals surface area contributed by atoms with E-state index in [1.165, 1.54) is 18.4 Å². The second-order valence-corrected chi connectivity index (χ2v) is 5.77. The van der Waals surface area contributed by atoms with E-state index in [9.17, 15) is 9.59 Å². The van der Waals surface area contributed by atoms with Crippen LogP contribution < -0.4 is 0 Å². The molecule has 1 aliphatic rings. The molecule has 108 valence electrons. The Morgan fingerprint density at radius 3 is 2.10 bits per heavy atom. The maximum atomic E-state index is 12.2. The highest BCUT2D eigenvalue weighted by Crippen LogP contribution is 2.26. The Morgan fingerprint density at radius 1 is 0.950 bits per heavy atom. The van der Waals surface area contributed by atoms with Gasteiger partial charge in [-0.25, -0.2) is 0 Å². The largest absolute Gasteiger partial charge is 0.299 e. The monoisotopic (exact) mass is 272 g/mol. The van der Waals surface area contributed by atoms with Gasteiger partial charge in [0.1, 0.15) is 17.5 Å². The van der Waals surface area contributed by atoms with Crippen molar-refractivity contribution in [3.05, 3.63) is 35.4 Å². The highest BCUT2D eigenvalue weighted by Gasteiger charge is 2.28. The highest BCUT2D eigenvalue weighted by molar-refractivity contribution is 6.07. The summed E-state index contributed by atoms with van der Waals surface area (Å²) in [5.41, 5.74) is 2.18. The number of hydrogen-bond donors (Lipinski definition) is 0. The molecule has 1 aromatic carbocycles. The van der Waals surface area contributed by atoms with E-state index in [-0.39, 0.29) is 11.6 Å². The van der Waals surface area contributed by atoms with E-state index in [0.29, 0.717) is 12.8 Å². The Kier molecular flexibility index (Phi) is 5.51. The number of rotatable bonds is 4. The number of Topliss-reactive ketones (excluding diaryl/α,β-unsaturated/α-hetero) is 2. The van der Waals surface area contributed by atoms with Crippen molar-refractivity contribution in [1.82, 2.24) is 0 Å². The summed E-state index contributed by atoms with van der Waals surface area (Å²) in [5.74, 6) is -0.289. The minimum Gasteiger partial charge on any atom is -0.299 e. The van der Waals surface area contributed by atoms with Crippen molar-refractivity contribution in [3.63, 3.8) is 0 Å². The number of unbranched alkanes of at least 4 members (excludes halogenated alkanes) is 1. The number of hydrogen-bond acceptors (Lipinski definition) is 2. The topological polar surface area (TPSA) is 34.1 Å². The summed E-state index contributed by atoms with van der Waals surface area (Å²) < 4.78 is 0. The number of aryl methyl sites for hydroxylation is 1. The zero-order chi connectivity index (χ0) is 14.4. The smallest absolute Gasteiger partial charge is 0.147 e. The Bertz CT molecular complexity index is 441. The predicted octanol–water partition coefficient (Wildman–Crippen LogP) is 4.22. The zero-order valence-electron chi connectivity index (χ0n) is 12.4. The molecule has 0 amide bonds. The molecule has 2 heteroatoms. The van der Waals surface area contributed by atoms with Gasteiger partial charge in [-0.2, -0.15) is 0 Å². The van der Waals surface area contributed by atoms with Crippen LogP contribution >= 0.6 is 0 Å². The van der Waals surface area contributed by atoms with E-state index in [4.69, 9.17) is 0 Å². The summed E-state index contributed by atoms with van der Waals surface area (Å²) in [5, 5.41) is 0. The van der Waals surface area contributed by atoms with Crippen LogP contribution in [0.1, 0.15) is 68.9 Å². The van der Waals surface area contributed by atoms with Gasteiger partial charge in [0.05, 0.1) is 0 Å². The van der Waals surface area contributed by atoms with Crippen molar-refractivity contribution in [2.75, 3.05) is 0 Å². The number of benzene rings is 1. The first-order valence-corrected chi connectivity index (χ1v) is 7.86. The number of ketones is 2. The normalized spacial score (nSPS) is 17.9. The van der Waals surface area contributed by atoms with Crippen LogP contribution in [0.15, 0.2) is 24.3 Å². The predicted molar refractivity (Wildman–Crippen MR) is 80.9 cm³/mol. The molecule has 0 bridgehead atoms. The molecule has 1 saturated carbocycles. The molecule has 1 fully saturated rings. The van der Waals surface area contributed by atoms with Crippen LogP contribution in [0, 0.1) is 0 Å². The van der Waals surface area contributed by atoms with E-state index < -0.39 is 5.92 Å². The van der Waals surface area contributed by atoms with E-state index >= 15 is 0 Å². The van der Waals surface area contributed by atoms with Gasteiger partial charge >= 0.3 is 0 Å². The summed E-state index contributed by atoms with van der Waals surface area (Å²) in [7, 11) is 0. The summed E-state index contributed by atoms with van der Waals surface area (Å²) >= 11 is 0. The van der Waals surface area contributed by atoms with Gasteiger partial charge in [-0.1, -0.05) is 44.0 Å². The lowest BCUT2D eigenvalue weighted by molar-refractivity contribution is -0.129. The van der Waals surface area contributed by atoms with Crippen molar-refractivity contribution < 1.29 is 9.59 Å². The lowest BCUT2D eigenvalue weighted by Gasteiger charge is -2.18. The molecule has 0 unspecified atom stereocenters. The van der Waals surface area contributed by atoms with Crippen LogP contribution in [0.25, 0.3) is 0 Å². The van der Waals surface area contributed by atoms with E-state index in [2.05, 4.69) is 19.1 Å². The van der Waals surface area contributed by atoms with Gasteiger partial charge < -0.3 is 0 Å². The van der Waals surface area contributed by atoms with Crippen LogP contribution in [0.3, 0.4) is 0 Å². The van der Waals surface area contributed by atoms with Gasteiger partial charge in [0, 0.05) is 12.8 Å². The van der Waals surface area contributed by atoms with Crippen molar-refractivity contribution >= 4 is 11.6 Å². The molecule has 0 saturated heterocycles. The molecule has 0 aromatic heterocycles. The van der Waals surface area contributed by atoms with Crippen molar-refractivity contribution in [2.24, 2.45) is 0 Å². The minimum atomic E-state index is -0.504. The zero-order valence-corrected chi connectivity index (χ0v) is 12.4. The Hall–Kier alpha value is -1.44. The van der Waals surface area contributed by atoms with Gasteiger partial charge in [0.25, 0.3) is 0 Å². The van der Waals surface area contributed by atoms with Gasteiger partial charge in [-0.15, -0.1) is 0 Å². The summed E-state index contributed by atoms with van der Waals surface area (Å²) in [6, 6.07) is 8.11. The minimum absolute atomic E-state index is 0.107. The Labute approximate surface area is 121 Å². The number of carbonyl (C=O) groups is 2. The fraction of sp³-hybridized carbons (Fsp3) is 0.556. The molecule has 20 heavy (non-hydrogen) atoms. The second kappa shape index (κ2) is 7.37.